The number of rotatable bonds is 6. The molecule has 0 aliphatic rings. The summed E-state index contributed by atoms with van der Waals surface area (Å²) in [6, 6.07) is 0. The largest absolute Gasteiger partial charge is 0.330 e. The monoisotopic (exact) mass is 148 g/mol. The van der Waals surface area contributed by atoms with Crippen LogP contribution >= 0.6 is 11.8 Å². The van der Waals surface area contributed by atoms with Crippen LogP contribution in [0.3, 0.4) is 0 Å². The van der Waals surface area contributed by atoms with Gasteiger partial charge >= 0.3 is 0 Å². The van der Waals surface area contributed by atoms with Gasteiger partial charge in [0.25, 0.3) is 0 Å². The highest BCUT2D eigenvalue weighted by Crippen LogP contribution is 2.01. The summed E-state index contributed by atoms with van der Waals surface area (Å²) in [4.78, 5) is 0. The van der Waals surface area contributed by atoms with E-state index in [1.807, 2.05) is 11.8 Å². The maximum absolute atomic E-state index is 5.31. The van der Waals surface area contributed by atoms with Crippen LogP contribution in [0.2, 0.25) is 0 Å². The first kappa shape index (κ1) is 9.27. The van der Waals surface area contributed by atoms with E-state index in [1.54, 1.807) is 0 Å². The zero-order valence-corrected chi connectivity index (χ0v) is 6.62. The van der Waals surface area contributed by atoms with Crippen LogP contribution < -0.4 is 11.5 Å². The second-order valence-electron chi connectivity index (χ2n) is 1.90. The maximum atomic E-state index is 5.31. The average Bonchev–Trinajstić information content (AvgIpc) is 1.89. The Morgan fingerprint density at radius 1 is 0.889 bits per heavy atom. The molecule has 9 heavy (non-hydrogen) atoms. The third-order valence-corrected chi connectivity index (χ3v) is 2.11. The molecule has 56 valence electrons. The molecule has 0 radical (unpaired) electrons. The SMILES string of the molecule is NCCCCSCCN. The van der Waals surface area contributed by atoms with Crippen molar-refractivity contribution in [3.05, 3.63) is 0 Å². The molecule has 0 saturated carbocycles. The summed E-state index contributed by atoms with van der Waals surface area (Å²) in [5.41, 5.74) is 10.6. The first-order valence-corrected chi connectivity index (χ1v) is 4.55. The van der Waals surface area contributed by atoms with Crippen molar-refractivity contribution >= 4 is 11.8 Å². The molecule has 0 amide bonds. The van der Waals surface area contributed by atoms with E-state index >= 15 is 0 Å². The molecular formula is C6H16N2S. The van der Waals surface area contributed by atoms with Crippen LogP contribution in [-0.4, -0.2) is 24.6 Å². The lowest BCUT2D eigenvalue weighted by atomic mass is 10.3. The van der Waals surface area contributed by atoms with Crippen LogP contribution in [0.1, 0.15) is 12.8 Å². The summed E-state index contributed by atoms with van der Waals surface area (Å²) in [7, 11) is 0. The first-order chi connectivity index (χ1) is 4.41. The minimum Gasteiger partial charge on any atom is -0.330 e. The Labute approximate surface area is 61.4 Å². The fourth-order valence-corrected chi connectivity index (χ4v) is 1.31. The van der Waals surface area contributed by atoms with E-state index in [-0.39, 0.29) is 0 Å². The summed E-state index contributed by atoms with van der Waals surface area (Å²) < 4.78 is 0. The lowest BCUT2D eigenvalue weighted by molar-refractivity contribution is 0.814. The van der Waals surface area contributed by atoms with E-state index in [0.29, 0.717) is 0 Å². The lowest BCUT2D eigenvalue weighted by Crippen LogP contribution is -2.03. The van der Waals surface area contributed by atoms with Gasteiger partial charge in [-0.25, -0.2) is 0 Å². The van der Waals surface area contributed by atoms with E-state index < -0.39 is 0 Å². The van der Waals surface area contributed by atoms with Gasteiger partial charge in [-0.2, -0.15) is 11.8 Å². The molecule has 0 unspecified atom stereocenters. The molecule has 0 atom stereocenters. The number of hydrogen-bond acceptors (Lipinski definition) is 3. The lowest BCUT2D eigenvalue weighted by Gasteiger charge is -1.96. The van der Waals surface area contributed by atoms with Gasteiger partial charge in [-0.15, -0.1) is 0 Å². The zero-order valence-electron chi connectivity index (χ0n) is 5.81. The van der Waals surface area contributed by atoms with Gasteiger partial charge < -0.3 is 11.5 Å². The van der Waals surface area contributed by atoms with Crippen LogP contribution in [0.25, 0.3) is 0 Å². The minimum absolute atomic E-state index is 0.799. The summed E-state index contributed by atoms with van der Waals surface area (Å²) in [5, 5.41) is 0. The Morgan fingerprint density at radius 2 is 1.67 bits per heavy atom. The molecule has 4 N–H and O–H groups in total. The van der Waals surface area contributed by atoms with Gasteiger partial charge in [0.05, 0.1) is 0 Å². The zero-order chi connectivity index (χ0) is 6.95. The third kappa shape index (κ3) is 8.27. The van der Waals surface area contributed by atoms with Gasteiger partial charge in [-0.3, -0.25) is 0 Å². The molecule has 0 heterocycles. The summed E-state index contributed by atoms with van der Waals surface area (Å²) in [6.07, 6.45) is 2.39. The van der Waals surface area contributed by atoms with E-state index in [4.69, 9.17) is 11.5 Å². The van der Waals surface area contributed by atoms with Gasteiger partial charge in [-0.1, -0.05) is 0 Å². The molecule has 0 fully saturated rings. The van der Waals surface area contributed by atoms with E-state index in [9.17, 15) is 0 Å². The molecule has 0 aliphatic heterocycles. The van der Waals surface area contributed by atoms with Crippen molar-refractivity contribution in [1.29, 1.82) is 0 Å². The molecule has 0 aromatic rings. The second-order valence-corrected chi connectivity index (χ2v) is 3.12. The van der Waals surface area contributed by atoms with Crippen molar-refractivity contribution in [2.75, 3.05) is 24.6 Å². The standard InChI is InChI=1S/C6H16N2S/c7-3-1-2-5-9-6-4-8/h1-8H2. The van der Waals surface area contributed by atoms with Crippen LogP contribution in [0.4, 0.5) is 0 Å². The fraction of sp³-hybridized carbons (Fsp3) is 1.00. The number of hydrogen-bond donors (Lipinski definition) is 2. The van der Waals surface area contributed by atoms with Crippen molar-refractivity contribution in [2.24, 2.45) is 11.5 Å². The Balaban J connectivity index is 2.60. The number of unbranched alkanes of at least 4 members (excludes halogenated alkanes) is 1. The van der Waals surface area contributed by atoms with Gasteiger partial charge in [0.1, 0.15) is 0 Å². The highest BCUT2D eigenvalue weighted by atomic mass is 32.2. The Hall–Kier alpha value is 0.270. The highest BCUT2D eigenvalue weighted by Gasteiger charge is 1.85. The van der Waals surface area contributed by atoms with Crippen LogP contribution in [-0.2, 0) is 0 Å². The summed E-state index contributed by atoms with van der Waals surface area (Å²) in [5.74, 6) is 2.30. The fourth-order valence-electron chi connectivity index (χ4n) is 0.534. The summed E-state index contributed by atoms with van der Waals surface area (Å²) in [6.45, 7) is 1.62. The Bertz CT molecular complexity index is 44.3. The molecule has 0 aromatic heterocycles. The normalized spacial score (nSPS) is 10.0. The van der Waals surface area contributed by atoms with E-state index in [1.165, 1.54) is 12.2 Å². The third-order valence-electron chi connectivity index (χ3n) is 1.00. The maximum Gasteiger partial charge on any atom is 0.00558 e. The smallest absolute Gasteiger partial charge is 0.00558 e. The summed E-state index contributed by atoms with van der Waals surface area (Å²) >= 11 is 1.91. The molecular weight excluding hydrogens is 132 g/mol. The van der Waals surface area contributed by atoms with E-state index in [2.05, 4.69) is 0 Å². The Kier molecular flexibility index (Phi) is 8.52. The van der Waals surface area contributed by atoms with Crippen molar-refractivity contribution in [1.82, 2.24) is 0 Å². The second kappa shape index (κ2) is 8.27. The van der Waals surface area contributed by atoms with Crippen molar-refractivity contribution in [3.8, 4) is 0 Å². The van der Waals surface area contributed by atoms with Gasteiger partial charge in [-0.05, 0) is 25.1 Å². The predicted molar refractivity (Wildman–Crippen MR) is 44.7 cm³/mol. The molecule has 0 rings (SSSR count). The molecule has 0 aliphatic carbocycles. The van der Waals surface area contributed by atoms with Crippen molar-refractivity contribution in [2.45, 2.75) is 12.8 Å². The molecule has 0 saturated heterocycles. The average molecular weight is 148 g/mol. The molecule has 0 aromatic carbocycles. The molecule has 0 bridgehead atoms. The van der Waals surface area contributed by atoms with Gasteiger partial charge in [0.2, 0.25) is 0 Å². The topological polar surface area (TPSA) is 52.0 Å². The first-order valence-electron chi connectivity index (χ1n) is 3.39. The van der Waals surface area contributed by atoms with Crippen LogP contribution in [0.15, 0.2) is 0 Å². The van der Waals surface area contributed by atoms with E-state index in [0.717, 1.165) is 25.3 Å². The number of nitrogens with two attached hydrogens (primary N) is 2. The molecule has 2 nitrogen and oxygen atoms in total. The quantitative estimate of drug-likeness (QED) is 0.537. The highest BCUT2D eigenvalue weighted by molar-refractivity contribution is 7.99. The van der Waals surface area contributed by atoms with Crippen LogP contribution in [0.5, 0.6) is 0 Å². The van der Waals surface area contributed by atoms with Gasteiger partial charge in [0.15, 0.2) is 0 Å². The number of thioether (sulfide) groups is 1. The molecule has 0 spiro atoms. The van der Waals surface area contributed by atoms with Gasteiger partial charge in [0, 0.05) is 12.3 Å². The molecule has 3 heteroatoms. The predicted octanol–water partition coefficient (Wildman–Crippen LogP) is 0.417. The van der Waals surface area contributed by atoms with Crippen molar-refractivity contribution in [3.63, 3.8) is 0 Å². The van der Waals surface area contributed by atoms with Crippen molar-refractivity contribution < 1.29 is 0 Å². The Morgan fingerprint density at radius 3 is 2.22 bits per heavy atom. The minimum atomic E-state index is 0.799. The van der Waals surface area contributed by atoms with Crippen LogP contribution in [0, 0.1) is 0 Å².